The SMILES string of the molecule is Cc1c(C(=O)Cc2ccc(Oc3ccnn4ccc(-c5ccncc5)c34)c(F)c2)c(=O)n(-c2ccc(F)cc2)n1C. The highest BCUT2D eigenvalue weighted by Crippen LogP contribution is 2.35. The van der Waals surface area contributed by atoms with Gasteiger partial charge < -0.3 is 4.74 Å². The molecule has 0 bridgehead atoms. The minimum Gasteiger partial charge on any atom is -0.452 e. The molecule has 41 heavy (non-hydrogen) atoms. The molecule has 0 amide bonds. The molecule has 0 aliphatic rings. The molecule has 4 aromatic heterocycles. The highest BCUT2D eigenvalue weighted by atomic mass is 19.1. The first-order chi connectivity index (χ1) is 19.8. The number of halogens is 2. The van der Waals surface area contributed by atoms with Gasteiger partial charge in [-0.1, -0.05) is 6.07 Å². The molecule has 0 radical (unpaired) electrons. The molecule has 10 heteroatoms. The van der Waals surface area contributed by atoms with Crippen LogP contribution in [0.3, 0.4) is 0 Å². The Hall–Kier alpha value is -5.38. The highest BCUT2D eigenvalue weighted by molar-refractivity contribution is 5.98. The lowest BCUT2D eigenvalue weighted by Crippen LogP contribution is -2.23. The first-order valence-corrected chi connectivity index (χ1v) is 12.7. The van der Waals surface area contributed by atoms with Crippen LogP contribution < -0.4 is 10.3 Å². The van der Waals surface area contributed by atoms with Crippen molar-refractivity contribution in [3.8, 4) is 28.3 Å². The van der Waals surface area contributed by atoms with Crippen molar-refractivity contribution in [3.63, 3.8) is 0 Å². The molecule has 0 N–H and O–H groups in total. The van der Waals surface area contributed by atoms with E-state index in [4.69, 9.17) is 4.74 Å². The number of fused-ring (bicyclic) bond motifs is 1. The molecule has 0 fully saturated rings. The van der Waals surface area contributed by atoms with Gasteiger partial charge >= 0.3 is 0 Å². The summed E-state index contributed by atoms with van der Waals surface area (Å²) in [6.45, 7) is 1.66. The second kappa shape index (κ2) is 10.3. The molecular formula is C31H23F2N5O3. The quantitative estimate of drug-likeness (QED) is 0.238. The Kier molecular flexibility index (Phi) is 6.50. The van der Waals surface area contributed by atoms with Gasteiger partial charge in [0.15, 0.2) is 23.1 Å². The number of aromatic nitrogens is 5. The molecule has 0 saturated heterocycles. The van der Waals surface area contributed by atoms with Gasteiger partial charge in [0, 0.05) is 49.4 Å². The number of pyridine rings is 1. The third-order valence-corrected chi connectivity index (χ3v) is 6.99. The Labute approximate surface area is 232 Å². The maximum Gasteiger partial charge on any atom is 0.282 e. The van der Waals surface area contributed by atoms with E-state index < -0.39 is 23.0 Å². The average molecular weight is 552 g/mol. The summed E-state index contributed by atoms with van der Waals surface area (Å²) in [6.07, 6.45) is 6.53. The van der Waals surface area contributed by atoms with Gasteiger partial charge in [0.25, 0.3) is 5.56 Å². The van der Waals surface area contributed by atoms with E-state index in [1.807, 2.05) is 18.2 Å². The normalized spacial score (nSPS) is 11.2. The van der Waals surface area contributed by atoms with E-state index in [0.29, 0.717) is 28.2 Å². The highest BCUT2D eigenvalue weighted by Gasteiger charge is 2.23. The third kappa shape index (κ3) is 4.69. The van der Waals surface area contributed by atoms with Gasteiger partial charge in [0.2, 0.25) is 0 Å². The van der Waals surface area contributed by atoms with E-state index in [1.165, 1.54) is 45.8 Å². The Morgan fingerprint density at radius 2 is 1.68 bits per heavy atom. The van der Waals surface area contributed by atoms with Gasteiger partial charge in [-0.15, -0.1) is 0 Å². The van der Waals surface area contributed by atoms with Gasteiger partial charge in [-0.2, -0.15) is 5.10 Å². The fourth-order valence-corrected chi connectivity index (χ4v) is 4.89. The molecule has 8 nitrogen and oxygen atoms in total. The smallest absolute Gasteiger partial charge is 0.282 e. The predicted octanol–water partition coefficient (Wildman–Crippen LogP) is 5.69. The second-order valence-corrected chi connectivity index (χ2v) is 9.50. The molecule has 0 unspecified atom stereocenters. The first-order valence-electron chi connectivity index (χ1n) is 12.7. The molecule has 6 rings (SSSR count). The molecule has 0 aliphatic carbocycles. The van der Waals surface area contributed by atoms with Crippen LogP contribution >= 0.6 is 0 Å². The number of rotatable bonds is 7. The number of carbonyl (C=O) groups is 1. The van der Waals surface area contributed by atoms with Crippen molar-refractivity contribution in [2.45, 2.75) is 13.3 Å². The zero-order valence-electron chi connectivity index (χ0n) is 22.1. The van der Waals surface area contributed by atoms with Crippen LogP contribution in [0.25, 0.3) is 22.3 Å². The summed E-state index contributed by atoms with van der Waals surface area (Å²) in [5, 5.41) is 4.32. The Balaban J connectivity index is 1.27. The number of ketones is 1. The van der Waals surface area contributed by atoms with E-state index in [9.17, 15) is 14.0 Å². The largest absolute Gasteiger partial charge is 0.452 e. The summed E-state index contributed by atoms with van der Waals surface area (Å²) >= 11 is 0. The van der Waals surface area contributed by atoms with Gasteiger partial charge in [0.1, 0.15) is 16.9 Å². The van der Waals surface area contributed by atoms with Crippen LogP contribution in [0.4, 0.5) is 8.78 Å². The van der Waals surface area contributed by atoms with Crippen LogP contribution in [0, 0.1) is 18.6 Å². The molecule has 4 heterocycles. The van der Waals surface area contributed by atoms with E-state index in [2.05, 4.69) is 10.1 Å². The van der Waals surface area contributed by atoms with Crippen LogP contribution in [-0.2, 0) is 13.5 Å². The summed E-state index contributed by atoms with van der Waals surface area (Å²) in [6, 6.07) is 17.0. The van der Waals surface area contributed by atoms with Crippen molar-refractivity contribution in [2.24, 2.45) is 7.05 Å². The summed E-state index contributed by atoms with van der Waals surface area (Å²) in [5.74, 6) is -1.17. The predicted molar refractivity (Wildman–Crippen MR) is 149 cm³/mol. The third-order valence-electron chi connectivity index (χ3n) is 6.99. The molecule has 0 saturated carbocycles. The van der Waals surface area contributed by atoms with Crippen LogP contribution in [0.15, 0.2) is 96.3 Å². The zero-order chi connectivity index (χ0) is 28.7. The number of hydrogen-bond acceptors (Lipinski definition) is 5. The van der Waals surface area contributed by atoms with Crippen molar-refractivity contribution in [3.05, 3.63) is 130 Å². The maximum absolute atomic E-state index is 15.3. The number of benzene rings is 2. The Bertz CT molecular complexity index is 1980. The monoisotopic (exact) mass is 551 g/mol. The number of hydrogen-bond donors (Lipinski definition) is 0. The lowest BCUT2D eigenvalue weighted by Gasteiger charge is -2.11. The summed E-state index contributed by atoms with van der Waals surface area (Å²) < 4.78 is 39.1. The van der Waals surface area contributed by atoms with Crippen molar-refractivity contribution < 1.29 is 18.3 Å². The average Bonchev–Trinajstić information content (AvgIpc) is 3.50. The summed E-state index contributed by atoms with van der Waals surface area (Å²) in [5.41, 5.74) is 3.14. The lowest BCUT2D eigenvalue weighted by molar-refractivity contribution is 0.0991. The maximum atomic E-state index is 15.3. The van der Waals surface area contributed by atoms with E-state index in [-0.39, 0.29) is 17.7 Å². The molecule has 2 aromatic carbocycles. The molecular weight excluding hydrogens is 528 g/mol. The molecule has 0 spiro atoms. The summed E-state index contributed by atoms with van der Waals surface area (Å²) in [4.78, 5) is 30.5. The van der Waals surface area contributed by atoms with Crippen LogP contribution in [0.1, 0.15) is 21.6 Å². The van der Waals surface area contributed by atoms with Gasteiger partial charge in [-0.25, -0.2) is 18.0 Å². The number of Topliss-reactive ketones (excluding diaryl/α,β-unsaturated/α-hetero) is 1. The van der Waals surface area contributed by atoms with Crippen molar-refractivity contribution in [1.29, 1.82) is 0 Å². The Morgan fingerprint density at radius 3 is 2.41 bits per heavy atom. The van der Waals surface area contributed by atoms with Crippen molar-refractivity contribution in [1.82, 2.24) is 24.0 Å². The standard InChI is InChI=1S/C31H23F2N5O3/c1-19-29(31(40)38(36(19)2)23-6-4-22(32)5-7-23)26(39)18-20-3-8-27(25(33)17-20)41-28-11-15-35-37-16-12-24(30(28)37)21-9-13-34-14-10-21/h3-17H,18H2,1-2H3. The molecule has 6 aromatic rings. The topological polar surface area (TPSA) is 83.4 Å². The zero-order valence-corrected chi connectivity index (χ0v) is 22.1. The first kappa shape index (κ1) is 25.9. The Morgan fingerprint density at radius 1 is 0.927 bits per heavy atom. The van der Waals surface area contributed by atoms with E-state index in [1.54, 1.807) is 55.4 Å². The fourth-order valence-electron chi connectivity index (χ4n) is 4.89. The summed E-state index contributed by atoms with van der Waals surface area (Å²) in [7, 11) is 1.64. The number of nitrogens with zero attached hydrogens (tertiary/aromatic N) is 5. The van der Waals surface area contributed by atoms with Crippen LogP contribution in [0.5, 0.6) is 11.5 Å². The van der Waals surface area contributed by atoms with Crippen molar-refractivity contribution >= 4 is 11.3 Å². The number of ether oxygens (including phenoxy) is 1. The van der Waals surface area contributed by atoms with Gasteiger partial charge in [-0.3, -0.25) is 19.3 Å². The van der Waals surface area contributed by atoms with E-state index in [0.717, 1.165) is 11.1 Å². The van der Waals surface area contributed by atoms with E-state index >= 15 is 4.39 Å². The second-order valence-electron chi connectivity index (χ2n) is 9.50. The lowest BCUT2D eigenvalue weighted by atomic mass is 10.0. The fraction of sp³-hybridized carbons (Fsp3) is 0.0968. The van der Waals surface area contributed by atoms with Crippen LogP contribution in [-0.4, -0.2) is 29.7 Å². The van der Waals surface area contributed by atoms with Crippen molar-refractivity contribution in [2.75, 3.05) is 0 Å². The van der Waals surface area contributed by atoms with Crippen LogP contribution in [0.2, 0.25) is 0 Å². The number of carbonyl (C=O) groups excluding carboxylic acids is 1. The minimum atomic E-state index is -0.657. The minimum absolute atomic E-state index is 0.00592. The van der Waals surface area contributed by atoms with Gasteiger partial charge in [0.05, 0.1) is 11.9 Å². The van der Waals surface area contributed by atoms with Gasteiger partial charge in [-0.05, 0) is 72.6 Å². The molecule has 204 valence electrons. The molecule has 0 atom stereocenters. The molecule has 0 aliphatic heterocycles.